The second kappa shape index (κ2) is 6.12. The van der Waals surface area contributed by atoms with Gasteiger partial charge in [0, 0.05) is 12.0 Å². The van der Waals surface area contributed by atoms with Crippen molar-refractivity contribution >= 4 is 17.5 Å². The number of ether oxygens (including phenoxy) is 3. The summed E-state index contributed by atoms with van der Waals surface area (Å²) in [6.07, 6.45) is 1.54. The monoisotopic (exact) mass is 353 g/mol. The number of nitrogens with one attached hydrogen (secondary N) is 1. The van der Waals surface area contributed by atoms with Gasteiger partial charge in [-0.05, 0) is 46.2 Å². The van der Waals surface area contributed by atoms with Crippen LogP contribution in [0.15, 0.2) is 12.1 Å². The number of benzene rings is 1. The van der Waals surface area contributed by atoms with E-state index in [-0.39, 0.29) is 17.6 Å². The molecule has 1 N–H and O–H groups in total. The number of carbonyl (C=O) groups excluding carboxylic acids is 1. The Hall–Kier alpha value is -1.46. The molecule has 1 fully saturated rings. The zero-order chi connectivity index (χ0) is 17.5. The van der Waals surface area contributed by atoms with Gasteiger partial charge in [-0.1, -0.05) is 11.6 Å². The van der Waals surface area contributed by atoms with E-state index in [4.69, 9.17) is 25.8 Å². The number of hydrogen-bond donors (Lipinski definition) is 1. The number of halogens is 1. The lowest BCUT2D eigenvalue weighted by Gasteiger charge is -2.27. The third kappa shape index (κ3) is 3.47. The Morgan fingerprint density at radius 2 is 1.92 bits per heavy atom. The van der Waals surface area contributed by atoms with E-state index >= 15 is 0 Å². The second-order valence-electron chi connectivity index (χ2n) is 7.53. The third-order valence-electron chi connectivity index (χ3n) is 4.44. The Bertz CT molecular complexity index is 657. The molecule has 0 saturated carbocycles. The highest BCUT2D eigenvalue weighted by atomic mass is 35.5. The maximum absolute atomic E-state index is 12.7. The van der Waals surface area contributed by atoms with Gasteiger partial charge in [-0.15, -0.1) is 0 Å². The maximum atomic E-state index is 12.7. The van der Waals surface area contributed by atoms with Crippen LogP contribution in [0.5, 0.6) is 11.5 Å². The number of rotatable bonds is 2. The Labute approximate surface area is 147 Å². The van der Waals surface area contributed by atoms with Crippen LogP contribution in [0, 0.1) is 0 Å². The van der Waals surface area contributed by atoms with Gasteiger partial charge in [0.2, 0.25) is 0 Å². The fourth-order valence-electron chi connectivity index (χ4n) is 3.39. The molecule has 3 rings (SSSR count). The van der Waals surface area contributed by atoms with Crippen LogP contribution in [0.25, 0.3) is 0 Å². The summed E-state index contributed by atoms with van der Waals surface area (Å²) in [6, 6.07) is 3.24. The first-order chi connectivity index (χ1) is 11.2. The van der Waals surface area contributed by atoms with Crippen molar-refractivity contribution in [3.8, 4) is 11.5 Å². The SMILES string of the molecule is CC1(C)CC(NC(=O)c2cc(Cl)c3c(c2)OCCCO3)C(C)(C)O1. The first kappa shape index (κ1) is 17.4. The molecule has 1 aromatic rings. The average molecular weight is 354 g/mol. The number of carbonyl (C=O) groups is 1. The van der Waals surface area contributed by atoms with Crippen molar-refractivity contribution in [2.45, 2.75) is 57.8 Å². The Kier molecular flexibility index (Phi) is 4.43. The normalized spacial score (nSPS) is 24.3. The molecule has 5 nitrogen and oxygen atoms in total. The van der Waals surface area contributed by atoms with Crippen molar-refractivity contribution in [1.29, 1.82) is 0 Å². The van der Waals surface area contributed by atoms with E-state index in [1.54, 1.807) is 12.1 Å². The van der Waals surface area contributed by atoms with Gasteiger partial charge in [-0.2, -0.15) is 0 Å². The van der Waals surface area contributed by atoms with Gasteiger partial charge >= 0.3 is 0 Å². The fraction of sp³-hybridized carbons (Fsp3) is 0.611. The molecule has 1 amide bonds. The summed E-state index contributed by atoms with van der Waals surface area (Å²) < 4.78 is 17.3. The second-order valence-corrected chi connectivity index (χ2v) is 7.94. The quantitative estimate of drug-likeness (QED) is 0.883. The van der Waals surface area contributed by atoms with Crippen LogP contribution in [0.3, 0.4) is 0 Å². The van der Waals surface area contributed by atoms with Crippen LogP contribution < -0.4 is 14.8 Å². The van der Waals surface area contributed by atoms with Crippen molar-refractivity contribution < 1.29 is 19.0 Å². The summed E-state index contributed by atoms with van der Waals surface area (Å²) in [5.41, 5.74) is -0.220. The molecule has 2 aliphatic rings. The maximum Gasteiger partial charge on any atom is 0.251 e. The predicted octanol–water partition coefficient (Wildman–Crippen LogP) is 3.58. The van der Waals surface area contributed by atoms with E-state index in [1.165, 1.54) is 0 Å². The Morgan fingerprint density at radius 3 is 2.58 bits per heavy atom. The summed E-state index contributed by atoms with van der Waals surface area (Å²) in [7, 11) is 0. The lowest BCUT2D eigenvalue weighted by atomic mass is 9.94. The summed E-state index contributed by atoms with van der Waals surface area (Å²) in [4.78, 5) is 12.7. The molecule has 1 saturated heterocycles. The van der Waals surface area contributed by atoms with Crippen LogP contribution in [0.2, 0.25) is 5.02 Å². The smallest absolute Gasteiger partial charge is 0.251 e. The van der Waals surface area contributed by atoms with Gasteiger partial charge in [0.05, 0.1) is 35.5 Å². The standard InChI is InChI=1S/C18H24ClNO4/c1-17(2)10-14(18(3,4)24-17)20-16(21)11-8-12(19)15-13(9-11)22-6-5-7-23-15/h8-9,14H,5-7,10H2,1-4H3,(H,20,21). The molecule has 0 aromatic heterocycles. The number of amides is 1. The predicted molar refractivity (Wildman–Crippen MR) is 92.2 cm³/mol. The molecule has 2 aliphatic heterocycles. The molecule has 0 spiro atoms. The van der Waals surface area contributed by atoms with Gasteiger partial charge in [0.15, 0.2) is 11.5 Å². The minimum atomic E-state index is -0.422. The van der Waals surface area contributed by atoms with E-state index in [1.807, 2.05) is 27.7 Å². The molecule has 132 valence electrons. The fourth-order valence-corrected chi connectivity index (χ4v) is 3.66. The highest BCUT2D eigenvalue weighted by Crippen LogP contribution is 2.39. The highest BCUT2D eigenvalue weighted by molar-refractivity contribution is 6.32. The molecule has 24 heavy (non-hydrogen) atoms. The molecule has 2 heterocycles. The van der Waals surface area contributed by atoms with E-state index in [0.717, 1.165) is 12.8 Å². The minimum absolute atomic E-state index is 0.0743. The van der Waals surface area contributed by atoms with Crippen LogP contribution >= 0.6 is 11.6 Å². The van der Waals surface area contributed by atoms with E-state index in [0.29, 0.717) is 35.3 Å². The van der Waals surface area contributed by atoms with Gasteiger partial charge in [0.1, 0.15) is 0 Å². The molecule has 0 bridgehead atoms. The lowest BCUT2D eigenvalue weighted by molar-refractivity contribution is -0.0693. The van der Waals surface area contributed by atoms with Gasteiger partial charge < -0.3 is 19.5 Å². The third-order valence-corrected chi connectivity index (χ3v) is 4.72. The zero-order valence-corrected chi connectivity index (χ0v) is 15.3. The molecule has 1 atom stereocenters. The average Bonchev–Trinajstić information content (AvgIpc) is 2.64. The van der Waals surface area contributed by atoms with Crippen molar-refractivity contribution in [2.75, 3.05) is 13.2 Å². The van der Waals surface area contributed by atoms with E-state index in [2.05, 4.69) is 5.32 Å². The summed E-state index contributed by atoms with van der Waals surface area (Å²) in [5.74, 6) is 0.843. The van der Waals surface area contributed by atoms with Gasteiger partial charge in [0.25, 0.3) is 5.91 Å². The molecule has 1 unspecified atom stereocenters. The van der Waals surface area contributed by atoms with Crippen molar-refractivity contribution in [3.63, 3.8) is 0 Å². The summed E-state index contributed by atoms with van der Waals surface area (Å²) in [5, 5.41) is 3.46. The molecule has 6 heteroatoms. The van der Waals surface area contributed by atoms with E-state index < -0.39 is 5.60 Å². The Morgan fingerprint density at radius 1 is 1.21 bits per heavy atom. The highest BCUT2D eigenvalue weighted by Gasteiger charge is 2.46. The van der Waals surface area contributed by atoms with Crippen molar-refractivity contribution in [1.82, 2.24) is 5.32 Å². The molecule has 1 aromatic carbocycles. The number of hydrogen-bond acceptors (Lipinski definition) is 4. The number of fused-ring (bicyclic) bond motifs is 1. The first-order valence-electron chi connectivity index (χ1n) is 8.28. The summed E-state index contributed by atoms with van der Waals surface area (Å²) >= 11 is 6.27. The lowest BCUT2D eigenvalue weighted by Crippen LogP contribution is -2.46. The van der Waals surface area contributed by atoms with Gasteiger partial charge in [-0.25, -0.2) is 0 Å². The summed E-state index contributed by atoms with van der Waals surface area (Å²) in [6.45, 7) is 9.16. The molecular weight excluding hydrogens is 330 g/mol. The van der Waals surface area contributed by atoms with Crippen LogP contribution in [-0.2, 0) is 4.74 Å². The van der Waals surface area contributed by atoms with Crippen molar-refractivity contribution in [2.24, 2.45) is 0 Å². The molecule has 0 radical (unpaired) electrons. The molecule has 0 aliphatic carbocycles. The largest absolute Gasteiger partial charge is 0.489 e. The topological polar surface area (TPSA) is 56.8 Å². The van der Waals surface area contributed by atoms with Gasteiger partial charge in [-0.3, -0.25) is 4.79 Å². The Balaban J connectivity index is 1.81. The van der Waals surface area contributed by atoms with Crippen molar-refractivity contribution in [3.05, 3.63) is 22.7 Å². The van der Waals surface area contributed by atoms with E-state index in [9.17, 15) is 4.79 Å². The van der Waals surface area contributed by atoms with Crippen LogP contribution in [0.4, 0.5) is 0 Å². The minimum Gasteiger partial charge on any atom is -0.489 e. The molecular formula is C18H24ClNO4. The van der Waals surface area contributed by atoms with Crippen LogP contribution in [-0.4, -0.2) is 36.4 Å². The zero-order valence-electron chi connectivity index (χ0n) is 14.6. The van der Waals surface area contributed by atoms with Crippen LogP contribution in [0.1, 0.15) is 50.9 Å². The first-order valence-corrected chi connectivity index (χ1v) is 8.66.